The molecule has 0 bridgehead atoms. The second-order valence-electron chi connectivity index (χ2n) is 3.50. The Bertz CT molecular complexity index is 555. The smallest absolute Gasteiger partial charge is 0.220 e. The van der Waals surface area contributed by atoms with Gasteiger partial charge in [0.2, 0.25) is 0 Å². The highest BCUT2D eigenvalue weighted by Crippen LogP contribution is 2.18. The summed E-state index contributed by atoms with van der Waals surface area (Å²) in [6.45, 7) is 1.95. The van der Waals surface area contributed by atoms with Crippen molar-refractivity contribution in [2.75, 3.05) is 0 Å². The maximum Gasteiger partial charge on any atom is 0.409 e. The van der Waals surface area contributed by atoms with Crippen LogP contribution in [0.3, 0.4) is 0 Å². The SMILES string of the molecule is CCc1cccn2nc(C=CC(F)(F)F)nc12. The fourth-order valence-corrected chi connectivity index (χ4v) is 1.49. The standard InChI is InChI=1S/C11H10F3N3/c1-2-8-4-3-7-17-10(8)15-9(16-17)5-6-11(12,13)14/h3-7H,2H2,1H3. The Morgan fingerprint density at radius 3 is 2.82 bits per heavy atom. The molecule has 0 fully saturated rings. The van der Waals surface area contributed by atoms with E-state index in [1.165, 1.54) is 4.52 Å². The van der Waals surface area contributed by atoms with Crippen LogP contribution >= 0.6 is 0 Å². The molecular formula is C11H10F3N3. The van der Waals surface area contributed by atoms with Gasteiger partial charge in [-0.3, -0.25) is 0 Å². The van der Waals surface area contributed by atoms with E-state index in [1.54, 1.807) is 12.3 Å². The molecule has 6 heteroatoms. The van der Waals surface area contributed by atoms with E-state index in [0.29, 0.717) is 5.65 Å². The summed E-state index contributed by atoms with van der Waals surface area (Å²) in [5, 5.41) is 3.94. The van der Waals surface area contributed by atoms with Crippen molar-refractivity contribution in [1.29, 1.82) is 0 Å². The van der Waals surface area contributed by atoms with Gasteiger partial charge in [-0.25, -0.2) is 9.50 Å². The van der Waals surface area contributed by atoms with Crippen LogP contribution in [0.2, 0.25) is 0 Å². The van der Waals surface area contributed by atoms with Gasteiger partial charge in [0.05, 0.1) is 0 Å². The second-order valence-corrected chi connectivity index (χ2v) is 3.50. The summed E-state index contributed by atoms with van der Waals surface area (Å²) in [5.41, 5.74) is 1.54. The Morgan fingerprint density at radius 2 is 2.18 bits per heavy atom. The third kappa shape index (κ3) is 2.64. The van der Waals surface area contributed by atoms with Crippen LogP contribution in [0.25, 0.3) is 11.7 Å². The van der Waals surface area contributed by atoms with Gasteiger partial charge in [0.25, 0.3) is 0 Å². The maximum absolute atomic E-state index is 12.0. The third-order valence-electron chi connectivity index (χ3n) is 2.26. The molecule has 2 aromatic rings. The monoisotopic (exact) mass is 241 g/mol. The minimum atomic E-state index is -4.34. The molecule has 0 amide bonds. The maximum atomic E-state index is 12.0. The zero-order chi connectivity index (χ0) is 12.5. The van der Waals surface area contributed by atoms with Gasteiger partial charge in [-0.2, -0.15) is 13.2 Å². The van der Waals surface area contributed by atoms with Crippen LogP contribution in [-0.2, 0) is 6.42 Å². The van der Waals surface area contributed by atoms with Gasteiger partial charge in [0.1, 0.15) is 0 Å². The summed E-state index contributed by atoms with van der Waals surface area (Å²) >= 11 is 0. The fourth-order valence-electron chi connectivity index (χ4n) is 1.49. The van der Waals surface area contributed by atoms with Gasteiger partial charge in [0, 0.05) is 12.3 Å². The van der Waals surface area contributed by atoms with Crippen molar-refractivity contribution < 1.29 is 13.2 Å². The Morgan fingerprint density at radius 1 is 1.41 bits per heavy atom. The van der Waals surface area contributed by atoms with E-state index in [4.69, 9.17) is 0 Å². The van der Waals surface area contributed by atoms with E-state index in [1.807, 2.05) is 13.0 Å². The molecule has 0 saturated heterocycles. The first-order valence-corrected chi connectivity index (χ1v) is 5.10. The predicted octanol–water partition coefficient (Wildman–Crippen LogP) is 2.87. The average Bonchev–Trinajstić information content (AvgIpc) is 2.67. The zero-order valence-electron chi connectivity index (χ0n) is 9.07. The van der Waals surface area contributed by atoms with Crippen molar-refractivity contribution in [2.24, 2.45) is 0 Å². The van der Waals surface area contributed by atoms with E-state index in [-0.39, 0.29) is 11.9 Å². The molecule has 0 spiro atoms. The summed E-state index contributed by atoms with van der Waals surface area (Å²) in [5.74, 6) is 0.0585. The zero-order valence-corrected chi connectivity index (χ0v) is 9.07. The number of alkyl halides is 3. The van der Waals surface area contributed by atoms with Crippen molar-refractivity contribution in [2.45, 2.75) is 19.5 Å². The lowest BCUT2D eigenvalue weighted by molar-refractivity contribution is -0.0790. The molecule has 3 nitrogen and oxygen atoms in total. The first-order chi connectivity index (χ1) is 7.99. The largest absolute Gasteiger partial charge is 0.409 e. The number of rotatable bonds is 2. The normalized spacial score (nSPS) is 12.7. The highest BCUT2D eigenvalue weighted by Gasteiger charge is 2.22. The summed E-state index contributed by atoms with van der Waals surface area (Å²) in [7, 11) is 0. The van der Waals surface area contributed by atoms with Gasteiger partial charge in [-0.15, -0.1) is 5.10 Å². The Balaban J connectivity index is 2.42. The number of fused-ring (bicyclic) bond motifs is 1. The number of aromatic nitrogens is 3. The number of allylic oxidation sites excluding steroid dienone is 1. The number of halogens is 3. The molecule has 2 rings (SSSR count). The van der Waals surface area contributed by atoms with E-state index < -0.39 is 6.18 Å². The topological polar surface area (TPSA) is 30.2 Å². The molecule has 0 aromatic carbocycles. The first-order valence-electron chi connectivity index (χ1n) is 5.10. The molecule has 2 heterocycles. The van der Waals surface area contributed by atoms with Crippen LogP contribution in [0.4, 0.5) is 13.2 Å². The molecule has 0 aliphatic carbocycles. The van der Waals surface area contributed by atoms with E-state index in [9.17, 15) is 13.2 Å². The third-order valence-corrected chi connectivity index (χ3v) is 2.26. The number of nitrogens with zero attached hydrogens (tertiary/aromatic N) is 3. The molecule has 0 N–H and O–H groups in total. The van der Waals surface area contributed by atoms with Crippen LogP contribution in [0.15, 0.2) is 24.4 Å². The van der Waals surface area contributed by atoms with Crippen LogP contribution < -0.4 is 0 Å². The molecule has 0 aliphatic rings. The summed E-state index contributed by atoms with van der Waals surface area (Å²) in [6.07, 6.45) is -0.928. The molecule has 0 atom stereocenters. The van der Waals surface area contributed by atoms with Crippen molar-refractivity contribution in [3.8, 4) is 0 Å². The summed E-state index contributed by atoms with van der Waals surface area (Å²) < 4.78 is 37.5. The van der Waals surface area contributed by atoms with Crippen molar-refractivity contribution in [1.82, 2.24) is 14.6 Å². The summed E-state index contributed by atoms with van der Waals surface area (Å²) in [6, 6.07) is 3.67. The Kier molecular flexibility index (Phi) is 2.87. The van der Waals surface area contributed by atoms with Gasteiger partial charge in [-0.05, 0) is 24.1 Å². The fraction of sp³-hybridized carbons (Fsp3) is 0.273. The van der Waals surface area contributed by atoms with E-state index in [2.05, 4.69) is 10.1 Å². The van der Waals surface area contributed by atoms with E-state index in [0.717, 1.165) is 18.1 Å². The van der Waals surface area contributed by atoms with Crippen LogP contribution in [0.5, 0.6) is 0 Å². The number of hydrogen-bond donors (Lipinski definition) is 0. The lowest BCUT2D eigenvalue weighted by Crippen LogP contribution is -2.00. The minimum Gasteiger partial charge on any atom is -0.220 e. The van der Waals surface area contributed by atoms with Crippen LogP contribution in [-0.4, -0.2) is 20.8 Å². The minimum absolute atomic E-state index is 0.0585. The molecule has 2 aromatic heterocycles. The predicted molar refractivity (Wildman–Crippen MR) is 57.5 cm³/mol. The van der Waals surface area contributed by atoms with E-state index >= 15 is 0 Å². The molecule has 0 aliphatic heterocycles. The molecule has 90 valence electrons. The molecular weight excluding hydrogens is 231 g/mol. The van der Waals surface area contributed by atoms with Crippen LogP contribution in [0, 0.1) is 0 Å². The Hall–Kier alpha value is -1.85. The highest BCUT2D eigenvalue weighted by atomic mass is 19.4. The molecule has 0 unspecified atom stereocenters. The van der Waals surface area contributed by atoms with Gasteiger partial charge < -0.3 is 0 Å². The quantitative estimate of drug-likeness (QED) is 0.809. The first kappa shape index (κ1) is 11.6. The van der Waals surface area contributed by atoms with Crippen molar-refractivity contribution >= 4 is 11.7 Å². The number of hydrogen-bond acceptors (Lipinski definition) is 2. The number of pyridine rings is 1. The average molecular weight is 241 g/mol. The lowest BCUT2D eigenvalue weighted by Gasteiger charge is -1.96. The van der Waals surface area contributed by atoms with Crippen molar-refractivity contribution in [3.05, 3.63) is 35.8 Å². The Labute approximate surface area is 95.6 Å². The van der Waals surface area contributed by atoms with Crippen molar-refractivity contribution in [3.63, 3.8) is 0 Å². The molecule has 0 radical (unpaired) electrons. The molecule has 17 heavy (non-hydrogen) atoms. The number of aryl methyl sites for hydroxylation is 1. The molecule has 0 saturated carbocycles. The van der Waals surface area contributed by atoms with Gasteiger partial charge >= 0.3 is 6.18 Å². The second kappa shape index (κ2) is 4.20. The highest BCUT2D eigenvalue weighted by molar-refractivity contribution is 5.52. The lowest BCUT2D eigenvalue weighted by atomic mass is 10.2. The van der Waals surface area contributed by atoms with Crippen LogP contribution in [0.1, 0.15) is 18.3 Å². The summed E-state index contributed by atoms with van der Waals surface area (Å²) in [4.78, 5) is 4.05. The van der Waals surface area contributed by atoms with Gasteiger partial charge in [-0.1, -0.05) is 13.0 Å². The van der Waals surface area contributed by atoms with Gasteiger partial charge in [0.15, 0.2) is 11.5 Å².